The Morgan fingerprint density at radius 3 is 2.68 bits per heavy atom. The normalized spacial score (nSPS) is 11.2. The smallest absolute Gasteiger partial charge is 0.295 e. The van der Waals surface area contributed by atoms with Crippen molar-refractivity contribution in [1.82, 2.24) is 14.8 Å². The van der Waals surface area contributed by atoms with E-state index in [1.807, 2.05) is 62.5 Å². The molecule has 0 N–H and O–H groups in total. The summed E-state index contributed by atoms with van der Waals surface area (Å²) in [6, 6.07) is 15.0. The second-order valence-electron chi connectivity index (χ2n) is 7.48. The standard InChI is InChI=1S/C25H24N4O4S/c1-3-31-18-9-6-11-21-22(18)27-25(34-21)29(15-14-28-13-7-12-26-28)24(30)20-16-17-8-5-10-19(32-4-2)23(17)33-20/h5-13,16H,3-4,14-15H2,1-2H3. The first-order valence-corrected chi connectivity index (χ1v) is 12.0. The molecule has 9 heteroatoms. The zero-order chi connectivity index (χ0) is 23.5. The van der Waals surface area contributed by atoms with Gasteiger partial charge in [-0.1, -0.05) is 29.5 Å². The van der Waals surface area contributed by atoms with Crippen LogP contribution >= 0.6 is 11.3 Å². The number of fused-ring (bicyclic) bond motifs is 2. The molecule has 3 aromatic heterocycles. The first-order valence-electron chi connectivity index (χ1n) is 11.1. The zero-order valence-electron chi connectivity index (χ0n) is 18.9. The van der Waals surface area contributed by atoms with E-state index in [-0.39, 0.29) is 11.7 Å². The molecule has 0 saturated heterocycles. The number of carbonyl (C=O) groups is 1. The van der Waals surface area contributed by atoms with Crippen molar-refractivity contribution >= 4 is 43.6 Å². The van der Waals surface area contributed by atoms with Crippen LogP contribution in [0, 0.1) is 0 Å². The van der Waals surface area contributed by atoms with Crippen LogP contribution in [0.5, 0.6) is 11.5 Å². The number of furan rings is 1. The van der Waals surface area contributed by atoms with Gasteiger partial charge in [0.2, 0.25) is 0 Å². The molecule has 0 unspecified atom stereocenters. The fourth-order valence-electron chi connectivity index (χ4n) is 3.76. The van der Waals surface area contributed by atoms with Gasteiger partial charge >= 0.3 is 0 Å². The van der Waals surface area contributed by atoms with Crippen molar-refractivity contribution in [2.75, 3.05) is 24.7 Å². The molecule has 0 atom stereocenters. The monoisotopic (exact) mass is 476 g/mol. The molecule has 2 aromatic carbocycles. The molecule has 3 heterocycles. The molecule has 0 bridgehead atoms. The van der Waals surface area contributed by atoms with Gasteiger partial charge in [0.1, 0.15) is 11.3 Å². The number of hydrogen-bond acceptors (Lipinski definition) is 7. The van der Waals surface area contributed by atoms with Gasteiger partial charge in [-0.15, -0.1) is 0 Å². The SMILES string of the molecule is CCOc1cccc2sc(N(CCn3cccn3)C(=O)c3cc4cccc(OCC)c4o3)nc12. The summed E-state index contributed by atoms with van der Waals surface area (Å²) in [5, 5.41) is 5.65. The Kier molecular flexibility index (Phi) is 6.18. The van der Waals surface area contributed by atoms with E-state index in [0.717, 1.165) is 15.6 Å². The molecule has 5 aromatic rings. The van der Waals surface area contributed by atoms with E-state index in [2.05, 4.69) is 5.10 Å². The van der Waals surface area contributed by atoms with Crippen LogP contribution in [0.15, 0.2) is 65.3 Å². The Hall–Kier alpha value is -3.85. The average Bonchev–Trinajstić information content (AvgIpc) is 3.59. The number of aromatic nitrogens is 3. The molecule has 0 spiro atoms. The molecule has 0 aliphatic rings. The van der Waals surface area contributed by atoms with E-state index >= 15 is 0 Å². The summed E-state index contributed by atoms with van der Waals surface area (Å²) in [5.41, 5.74) is 1.30. The second-order valence-corrected chi connectivity index (χ2v) is 8.49. The Morgan fingerprint density at radius 2 is 1.88 bits per heavy atom. The van der Waals surface area contributed by atoms with Crippen LogP contribution in [-0.4, -0.2) is 40.4 Å². The van der Waals surface area contributed by atoms with Crippen molar-refractivity contribution in [3.05, 3.63) is 66.7 Å². The minimum atomic E-state index is -0.275. The van der Waals surface area contributed by atoms with Crippen molar-refractivity contribution in [3.8, 4) is 11.5 Å². The van der Waals surface area contributed by atoms with Crippen molar-refractivity contribution in [1.29, 1.82) is 0 Å². The summed E-state index contributed by atoms with van der Waals surface area (Å²) in [5.74, 6) is 1.27. The van der Waals surface area contributed by atoms with Gasteiger partial charge in [-0.05, 0) is 44.2 Å². The maximum absolute atomic E-state index is 13.7. The van der Waals surface area contributed by atoms with Crippen LogP contribution in [-0.2, 0) is 6.54 Å². The lowest BCUT2D eigenvalue weighted by Crippen LogP contribution is -2.33. The summed E-state index contributed by atoms with van der Waals surface area (Å²) >= 11 is 1.44. The Balaban J connectivity index is 1.54. The summed E-state index contributed by atoms with van der Waals surface area (Å²) in [6.45, 7) is 5.78. The van der Waals surface area contributed by atoms with Gasteiger partial charge in [0.05, 0.1) is 24.5 Å². The third-order valence-electron chi connectivity index (χ3n) is 5.28. The number of benzene rings is 2. The lowest BCUT2D eigenvalue weighted by molar-refractivity contribution is 0.0961. The highest BCUT2D eigenvalue weighted by atomic mass is 32.1. The van der Waals surface area contributed by atoms with Crippen molar-refractivity contribution in [3.63, 3.8) is 0 Å². The largest absolute Gasteiger partial charge is 0.492 e. The molecule has 174 valence electrons. The van der Waals surface area contributed by atoms with Crippen LogP contribution in [0.4, 0.5) is 5.13 Å². The van der Waals surface area contributed by atoms with Crippen molar-refractivity contribution < 1.29 is 18.7 Å². The Morgan fingerprint density at radius 1 is 1.09 bits per heavy atom. The molecule has 0 radical (unpaired) electrons. The van der Waals surface area contributed by atoms with Gasteiger partial charge in [0.25, 0.3) is 5.91 Å². The van der Waals surface area contributed by atoms with Gasteiger partial charge < -0.3 is 13.9 Å². The first-order chi connectivity index (χ1) is 16.7. The van der Waals surface area contributed by atoms with E-state index in [4.69, 9.17) is 18.9 Å². The minimum Gasteiger partial charge on any atom is -0.492 e. The molecule has 5 rings (SSSR count). The number of hydrogen-bond donors (Lipinski definition) is 0. The highest BCUT2D eigenvalue weighted by Gasteiger charge is 2.26. The van der Waals surface area contributed by atoms with Crippen LogP contribution in [0.2, 0.25) is 0 Å². The first kappa shape index (κ1) is 22.0. The molecule has 0 fully saturated rings. The highest BCUT2D eigenvalue weighted by Crippen LogP contribution is 2.36. The molecular formula is C25H24N4O4S. The lowest BCUT2D eigenvalue weighted by Gasteiger charge is -2.18. The molecule has 8 nitrogen and oxygen atoms in total. The number of amides is 1. The molecule has 0 saturated carbocycles. The number of ether oxygens (including phenoxy) is 2. The average molecular weight is 477 g/mol. The van der Waals surface area contributed by atoms with E-state index in [0.29, 0.717) is 48.5 Å². The summed E-state index contributed by atoms with van der Waals surface area (Å²) in [6.07, 6.45) is 3.58. The fourth-order valence-corrected chi connectivity index (χ4v) is 4.77. The molecule has 0 aliphatic carbocycles. The number of thiazole rings is 1. The fraction of sp³-hybridized carbons (Fsp3) is 0.240. The van der Waals surface area contributed by atoms with Crippen LogP contribution in [0.25, 0.3) is 21.2 Å². The van der Waals surface area contributed by atoms with E-state index in [1.54, 1.807) is 21.8 Å². The van der Waals surface area contributed by atoms with Gasteiger partial charge in [-0.25, -0.2) is 4.98 Å². The number of anilines is 1. The third kappa shape index (κ3) is 4.22. The maximum atomic E-state index is 13.7. The zero-order valence-corrected chi connectivity index (χ0v) is 19.7. The summed E-state index contributed by atoms with van der Waals surface area (Å²) in [4.78, 5) is 20.1. The number of para-hydroxylation sites is 2. The number of nitrogens with zero attached hydrogens (tertiary/aromatic N) is 4. The molecular weight excluding hydrogens is 452 g/mol. The molecule has 1 amide bonds. The van der Waals surface area contributed by atoms with Gasteiger partial charge in [-0.3, -0.25) is 14.4 Å². The third-order valence-corrected chi connectivity index (χ3v) is 6.32. The van der Waals surface area contributed by atoms with Crippen molar-refractivity contribution in [2.45, 2.75) is 20.4 Å². The lowest BCUT2D eigenvalue weighted by atomic mass is 10.2. The Labute approximate surface area is 200 Å². The summed E-state index contributed by atoms with van der Waals surface area (Å²) in [7, 11) is 0. The van der Waals surface area contributed by atoms with E-state index < -0.39 is 0 Å². The predicted molar refractivity (Wildman–Crippen MR) is 132 cm³/mol. The van der Waals surface area contributed by atoms with E-state index in [9.17, 15) is 4.79 Å². The molecule has 0 aliphatic heterocycles. The quantitative estimate of drug-likeness (QED) is 0.284. The highest BCUT2D eigenvalue weighted by molar-refractivity contribution is 7.22. The second kappa shape index (κ2) is 9.56. The van der Waals surface area contributed by atoms with Crippen LogP contribution in [0.3, 0.4) is 0 Å². The molecule has 34 heavy (non-hydrogen) atoms. The number of carbonyl (C=O) groups excluding carboxylic acids is 1. The van der Waals surface area contributed by atoms with E-state index in [1.165, 1.54) is 11.3 Å². The minimum absolute atomic E-state index is 0.229. The van der Waals surface area contributed by atoms with Crippen LogP contribution in [0.1, 0.15) is 24.4 Å². The predicted octanol–water partition coefficient (Wildman–Crippen LogP) is 5.38. The van der Waals surface area contributed by atoms with Crippen LogP contribution < -0.4 is 14.4 Å². The maximum Gasteiger partial charge on any atom is 0.295 e. The number of rotatable bonds is 9. The Bertz CT molecular complexity index is 1420. The van der Waals surface area contributed by atoms with Gasteiger partial charge in [0.15, 0.2) is 22.2 Å². The topological polar surface area (TPSA) is 82.6 Å². The van der Waals surface area contributed by atoms with Crippen molar-refractivity contribution in [2.24, 2.45) is 0 Å². The van der Waals surface area contributed by atoms with Gasteiger partial charge in [-0.2, -0.15) is 5.10 Å². The van der Waals surface area contributed by atoms with Gasteiger partial charge in [0, 0.05) is 24.3 Å². The summed E-state index contributed by atoms with van der Waals surface area (Å²) < 4.78 is 20.2.